The van der Waals surface area contributed by atoms with E-state index in [1.54, 1.807) is 0 Å². The van der Waals surface area contributed by atoms with Gasteiger partial charge in [-0.05, 0) is 55.4 Å². The molecule has 3 N–H and O–H groups in total. The van der Waals surface area contributed by atoms with Crippen LogP contribution in [-0.4, -0.2) is 41.0 Å². The van der Waals surface area contributed by atoms with Crippen LogP contribution in [0, 0.1) is 13.8 Å². The Kier molecular flexibility index (Phi) is 6.97. The minimum absolute atomic E-state index is 0.118. The minimum atomic E-state index is 0.118. The summed E-state index contributed by atoms with van der Waals surface area (Å²) < 4.78 is 1.94. The lowest BCUT2D eigenvalue weighted by molar-refractivity contribution is -0.923. The fraction of sp³-hybridized carbons (Fsp3) is 0.250. The highest BCUT2D eigenvalue weighted by molar-refractivity contribution is 7.80. The molecule has 0 radical (unpaired) electrons. The summed E-state index contributed by atoms with van der Waals surface area (Å²) in [5.74, 6) is 0.118. The van der Waals surface area contributed by atoms with Gasteiger partial charge in [-0.3, -0.25) is 4.57 Å². The van der Waals surface area contributed by atoms with E-state index in [2.05, 4.69) is 44.7 Å². The Balaban J connectivity index is 1.33. The molecule has 2 heterocycles. The molecule has 0 saturated carbocycles. The maximum absolute atomic E-state index is 11.2. The van der Waals surface area contributed by atoms with Crippen molar-refractivity contribution in [2.24, 2.45) is 10.2 Å². The van der Waals surface area contributed by atoms with E-state index in [-0.39, 0.29) is 11.0 Å². The van der Waals surface area contributed by atoms with E-state index in [4.69, 9.17) is 12.2 Å². The second-order valence-corrected chi connectivity index (χ2v) is 9.63. The maximum atomic E-state index is 11.2. The molecule has 1 aliphatic rings. The average molecular weight is 500 g/mol. The standard InChI is InChI=1S/C28H30N6OS/c1-20-9-8-10-21(2)25(20)29-28(36)31-30-26-23-13-6-7-14-24(23)34(27(26)35)19-32-15-17-33(18-16-32)22-11-4-3-5-12-22/h3-14,35H,15-19H2,1-2H3,(H,29,36)/p+1. The van der Waals surface area contributed by atoms with Gasteiger partial charge in [0.2, 0.25) is 11.0 Å². The van der Waals surface area contributed by atoms with Gasteiger partial charge in [-0.25, -0.2) is 0 Å². The molecule has 3 aromatic carbocycles. The van der Waals surface area contributed by atoms with Crippen molar-refractivity contribution in [3.05, 3.63) is 83.9 Å². The summed E-state index contributed by atoms with van der Waals surface area (Å²) in [6.45, 7) is 8.64. The van der Waals surface area contributed by atoms with Crippen molar-refractivity contribution < 1.29 is 10.0 Å². The number of benzene rings is 3. The maximum Gasteiger partial charge on any atom is 0.225 e. The lowest BCUT2D eigenvalue weighted by Crippen LogP contribution is -3.14. The zero-order valence-electron chi connectivity index (χ0n) is 20.6. The molecule has 8 heteroatoms. The number of hydrogen-bond acceptors (Lipinski definition) is 4. The summed E-state index contributed by atoms with van der Waals surface area (Å²) in [6.07, 6.45) is 0. The summed E-state index contributed by atoms with van der Waals surface area (Å²) in [6, 6.07) is 24.5. The quantitative estimate of drug-likeness (QED) is 0.272. The largest absolute Gasteiger partial charge is 0.493 e. The molecular weight excluding hydrogens is 468 g/mol. The van der Waals surface area contributed by atoms with Crippen LogP contribution >= 0.6 is 12.2 Å². The smallest absolute Gasteiger partial charge is 0.225 e. The number of nitrogens with zero attached hydrogens (tertiary/aromatic N) is 4. The van der Waals surface area contributed by atoms with Crippen molar-refractivity contribution in [1.29, 1.82) is 0 Å². The molecule has 4 aromatic rings. The van der Waals surface area contributed by atoms with Gasteiger partial charge in [0.25, 0.3) is 0 Å². The van der Waals surface area contributed by atoms with Crippen LogP contribution in [0.5, 0.6) is 5.88 Å². The SMILES string of the molecule is Cc1cccc(C)c1NC(=S)N=Nc1c(O)n(C[NH+]2CCN(c3ccccc3)CC2)c2ccccc12. The first kappa shape index (κ1) is 24.0. The normalized spacial score (nSPS) is 14.6. The van der Waals surface area contributed by atoms with E-state index in [9.17, 15) is 5.11 Å². The summed E-state index contributed by atoms with van der Waals surface area (Å²) in [5.41, 5.74) is 5.75. The molecule has 0 atom stereocenters. The number of quaternary nitrogens is 1. The second-order valence-electron chi connectivity index (χ2n) is 9.25. The van der Waals surface area contributed by atoms with Gasteiger partial charge in [0.1, 0.15) is 0 Å². The van der Waals surface area contributed by atoms with Gasteiger partial charge in [-0.2, -0.15) is 0 Å². The van der Waals surface area contributed by atoms with Gasteiger partial charge in [-0.15, -0.1) is 10.2 Å². The Labute approximate surface area is 216 Å². The predicted molar refractivity (Wildman–Crippen MR) is 150 cm³/mol. The van der Waals surface area contributed by atoms with E-state index in [1.807, 2.05) is 66.9 Å². The number of aryl methyl sites for hydroxylation is 2. The Morgan fingerprint density at radius 2 is 1.61 bits per heavy atom. The molecule has 0 spiro atoms. The average Bonchev–Trinajstić information content (AvgIpc) is 3.16. The van der Waals surface area contributed by atoms with Crippen molar-refractivity contribution in [2.75, 3.05) is 36.4 Å². The van der Waals surface area contributed by atoms with Crippen LogP contribution in [0.25, 0.3) is 10.9 Å². The van der Waals surface area contributed by atoms with E-state index < -0.39 is 0 Å². The van der Waals surface area contributed by atoms with Gasteiger partial charge in [0.15, 0.2) is 12.4 Å². The summed E-state index contributed by atoms with van der Waals surface area (Å²) in [5, 5.41) is 24.1. The van der Waals surface area contributed by atoms with Gasteiger partial charge < -0.3 is 20.2 Å². The Bertz CT molecular complexity index is 1390. The van der Waals surface area contributed by atoms with Gasteiger partial charge in [0.05, 0.1) is 31.7 Å². The van der Waals surface area contributed by atoms with Gasteiger partial charge in [0, 0.05) is 16.8 Å². The van der Waals surface area contributed by atoms with Crippen molar-refractivity contribution in [3.63, 3.8) is 0 Å². The number of aromatic hydroxyl groups is 1. The number of piperazine rings is 1. The number of fused-ring (bicyclic) bond motifs is 1. The van der Waals surface area contributed by atoms with E-state index in [0.29, 0.717) is 12.4 Å². The molecule has 1 aliphatic heterocycles. The fourth-order valence-corrected chi connectivity index (χ4v) is 5.01. The monoisotopic (exact) mass is 499 g/mol. The van der Waals surface area contributed by atoms with E-state index in [1.165, 1.54) is 10.6 Å². The number of thiocarbonyl (C=S) groups is 1. The van der Waals surface area contributed by atoms with Crippen LogP contribution in [0.15, 0.2) is 83.0 Å². The lowest BCUT2D eigenvalue weighted by atomic mass is 10.1. The number of anilines is 2. The molecule has 1 saturated heterocycles. The van der Waals surface area contributed by atoms with Crippen LogP contribution in [0.4, 0.5) is 17.1 Å². The number of para-hydroxylation sites is 3. The van der Waals surface area contributed by atoms with E-state index in [0.717, 1.165) is 53.9 Å². The molecule has 5 rings (SSSR count). The molecule has 184 valence electrons. The van der Waals surface area contributed by atoms with Crippen molar-refractivity contribution >= 4 is 45.3 Å². The number of azo groups is 1. The minimum Gasteiger partial charge on any atom is -0.493 e. The van der Waals surface area contributed by atoms with Crippen molar-refractivity contribution in [2.45, 2.75) is 20.5 Å². The third-order valence-corrected chi connectivity index (χ3v) is 7.03. The molecular formula is C28H31N6OS+. The molecule has 0 amide bonds. The number of aromatic nitrogens is 1. The topological polar surface area (TPSA) is 69.6 Å². The summed E-state index contributed by atoms with van der Waals surface area (Å²) in [4.78, 5) is 3.83. The number of hydrogen-bond donors (Lipinski definition) is 3. The van der Waals surface area contributed by atoms with Crippen LogP contribution < -0.4 is 15.1 Å². The zero-order chi connectivity index (χ0) is 25.1. The van der Waals surface area contributed by atoms with E-state index >= 15 is 0 Å². The highest BCUT2D eigenvalue weighted by Crippen LogP contribution is 2.38. The third-order valence-electron chi connectivity index (χ3n) is 6.84. The Morgan fingerprint density at radius 1 is 0.944 bits per heavy atom. The van der Waals surface area contributed by atoms with Crippen LogP contribution in [0.2, 0.25) is 0 Å². The first-order valence-electron chi connectivity index (χ1n) is 12.2. The molecule has 7 nitrogen and oxygen atoms in total. The highest BCUT2D eigenvalue weighted by Gasteiger charge is 2.24. The number of nitrogens with one attached hydrogen (secondary N) is 2. The molecule has 1 fully saturated rings. The first-order chi connectivity index (χ1) is 17.5. The predicted octanol–water partition coefficient (Wildman–Crippen LogP) is 4.81. The van der Waals surface area contributed by atoms with Crippen molar-refractivity contribution in [3.8, 4) is 5.88 Å². The Hall–Kier alpha value is -3.75. The van der Waals surface area contributed by atoms with Gasteiger partial charge in [-0.1, -0.05) is 54.6 Å². The zero-order valence-corrected chi connectivity index (χ0v) is 21.4. The molecule has 0 bridgehead atoms. The van der Waals surface area contributed by atoms with Crippen LogP contribution in [0.3, 0.4) is 0 Å². The third kappa shape index (κ3) is 4.96. The summed E-state index contributed by atoms with van der Waals surface area (Å²) in [7, 11) is 0. The highest BCUT2D eigenvalue weighted by atomic mass is 32.1. The second kappa shape index (κ2) is 10.5. The van der Waals surface area contributed by atoms with Crippen LogP contribution in [0.1, 0.15) is 11.1 Å². The van der Waals surface area contributed by atoms with Crippen LogP contribution in [-0.2, 0) is 6.67 Å². The molecule has 0 unspecified atom stereocenters. The fourth-order valence-electron chi connectivity index (χ4n) is 4.87. The number of rotatable bonds is 5. The molecule has 36 heavy (non-hydrogen) atoms. The molecule has 1 aromatic heterocycles. The molecule has 0 aliphatic carbocycles. The van der Waals surface area contributed by atoms with Gasteiger partial charge >= 0.3 is 0 Å². The van der Waals surface area contributed by atoms with Crippen molar-refractivity contribution in [1.82, 2.24) is 4.57 Å². The summed E-state index contributed by atoms with van der Waals surface area (Å²) >= 11 is 5.44. The first-order valence-corrected chi connectivity index (χ1v) is 12.6. The Morgan fingerprint density at radius 3 is 2.33 bits per heavy atom. The lowest BCUT2D eigenvalue weighted by Gasteiger charge is -2.33.